The van der Waals surface area contributed by atoms with Gasteiger partial charge in [-0.2, -0.15) is 0 Å². The van der Waals surface area contributed by atoms with Crippen molar-refractivity contribution in [3.05, 3.63) is 29.3 Å². The third kappa shape index (κ3) is 3.41. The van der Waals surface area contributed by atoms with Gasteiger partial charge in [0.1, 0.15) is 4.90 Å². The lowest BCUT2D eigenvalue weighted by Crippen LogP contribution is -2.30. The molecule has 0 amide bonds. The van der Waals surface area contributed by atoms with Crippen LogP contribution in [0.5, 0.6) is 0 Å². The largest absolute Gasteiger partial charge is 0.316 e. The Hall–Kier alpha value is -1.05. The highest BCUT2D eigenvalue weighted by atomic mass is 32.2. The van der Waals surface area contributed by atoms with Gasteiger partial charge in [0.2, 0.25) is 10.0 Å². The maximum Gasteiger partial charge on any atom is 0.245 e. The minimum absolute atomic E-state index is 0.267. The van der Waals surface area contributed by atoms with E-state index in [1.54, 1.807) is 7.05 Å². The molecule has 0 heterocycles. The monoisotopic (exact) mass is 318 g/mol. The summed E-state index contributed by atoms with van der Waals surface area (Å²) < 4.78 is 53.5. The van der Waals surface area contributed by atoms with Crippen LogP contribution in [0.3, 0.4) is 0 Å². The average Bonchev–Trinajstić information content (AvgIpc) is 3.09. The van der Waals surface area contributed by atoms with Gasteiger partial charge in [0, 0.05) is 20.1 Å². The predicted octanol–water partition coefficient (Wildman–Crippen LogP) is 1.96. The van der Waals surface area contributed by atoms with Crippen molar-refractivity contribution in [3.63, 3.8) is 0 Å². The van der Waals surface area contributed by atoms with Gasteiger partial charge in [-0.15, -0.1) is 0 Å². The summed E-state index contributed by atoms with van der Waals surface area (Å²) in [6.45, 7) is 2.64. The highest BCUT2D eigenvalue weighted by Gasteiger charge is 2.37. The van der Waals surface area contributed by atoms with Crippen LogP contribution in [0.1, 0.15) is 18.9 Å². The Bertz CT molecular complexity index is 634. The van der Waals surface area contributed by atoms with Crippen molar-refractivity contribution < 1.29 is 17.2 Å². The first-order valence-electron chi connectivity index (χ1n) is 6.86. The van der Waals surface area contributed by atoms with E-state index in [1.807, 2.05) is 6.92 Å². The van der Waals surface area contributed by atoms with Crippen LogP contribution in [0.4, 0.5) is 8.78 Å². The molecule has 2 rings (SSSR count). The molecule has 1 fully saturated rings. The molecule has 1 saturated carbocycles. The summed E-state index contributed by atoms with van der Waals surface area (Å²) in [6.07, 6.45) is 0.969. The minimum atomic E-state index is -4.02. The van der Waals surface area contributed by atoms with Crippen molar-refractivity contribution in [1.29, 1.82) is 0 Å². The Balaban J connectivity index is 2.33. The molecule has 118 valence electrons. The molecular formula is C14H20F2N2O2S. The van der Waals surface area contributed by atoms with E-state index in [0.717, 1.165) is 16.8 Å². The highest BCUT2D eigenvalue weighted by Crippen LogP contribution is 2.39. The molecule has 0 saturated heterocycles. The molecule has 2 unspecified atom stereocenters. The van der Waals surface area contributed by atoms with E-state index in [9.17, 15) is 17.2 Å². The molecule has 1 aliphatic rings. The molecule has 21 heavy (non-hydrogen) atoms. The fraction of sp³-hybridized carbons (Fsp3) is 0.571. The molecule has 0 bridgehead atoms. The lowest BCUT2D eigenvalue weighted by atomic mass is 10.2. The van der Waals surface area contributed by atoms with E-state index in [0.29, 0.717) is 23.9 Å². The first-order chi connectivity index (χ1) is 9.77. The highest BCUT2D eigenvalue weighted by molar-refractivity contribution is 7.89. The van der Waals surface area contributed by atoms with E-state index in [2.05, 4.69) is 5.32 Å². The third-order valence-corrected chi connectivity index (χ3v) is 5.71. The van der Waals surface area contributed by atoms with Gasteiger partial charge in [0.05, 0.1) is 0 Å². The van der Waals surface area contributed by atoms with Crippen LogP contribution in [-0.4, -0.2) is 33.4 Å². The fourth-order valence-corrected chi connectivity index (χ4v) is 3.71. The van der Waals surface area contributed by atoms with Crippen molar-refractivity contribution in [2.75, 3.05) is 20.6 Å². The normalized spacial score (nSPS) is 21.8. The predicted molar refractivity (Wildman–Crippen MR) is 76.2 cm³/mol. The number of nitrogens with zero attached hydrogens (tertiary/aromatic N) is 1. The minimum Gasteiger partial charge on any atom is -0.316 e. The van der Waals surface area contributed by atoms with Crippen LogP contribution < -0.4 is 5.32 Å². The van der Waals surface area contributed by atoms with E-state index in [4.69, 9.17) is 0 Å². The Labute approximate surface area is 124 Å². The van der Waals surface area contributed by atoms with E-state index in [-0.39, 0.29) is 6.54 Å². The smallest absolute Gasteiger partial charge is 0.245 e. The number of rotatable bonds is 6. The Morgan fingerprint density at radius 3 is 2.52 bits per heavy atom. The van der Waals surface area contributed by atoms with Crippen molar-refractivity contribution in [3.8, 4) is 0 Å². The standard InChI is InChI=1S/C14H20F2N2O2S/c1-9-4-11(9)8-18(3)21(19,20)13-6-10(7-17-2)5-12(15)14(13)16/h5-6,9,11,17H,4,7-8H2,1-3H3. The molecule has 1 aromatic carbocycles. The first-order valence-corrected chi connectivity index (χ1v) is 8.30. The van der Waals surface area contributed by atoms with E-state index < -0.39 is 26.6 Å². The lowest BCUT2D eigenvalue weighted by molar-refractivity contribution is 0.432. The number of nitrogens with one attached hydrogen (secondary N) is 1. The molecule has 4 nitrogen and oxygen atoms in total. The number of sulfonamides is 1. The Morgan fingerprint density at radius 1 is 1.38 bits per heavy atom. The number of hydrogen-bond acceptors (Lipinski definition) is 3. The zero-order chi connectivity index (χ0) is 15.8. The second kappa shape index (κ2) is 5.98. The van der Waals surface area contributed by atoms with Crippen LogP contribution in [0.2, 0.25) is 0 Å². The average molecular weight is 318 g/mol. The molecule has 0 spiro atoms. The summed E-state index contributed by atoms with van der Waals surface area (Å²) in [6, 6.07) is 2.20. The van der Waals surface area contributed by atoms with Gasteiger partial charge in [-0.1, -0.05) is 6.92 Å². The van der Waals surface area contributed by atoms with Crippen molar-refractivity contribution >= 4 is 10.0 Å². The number of benzene rings is 1. The third-order valence-electron chi connectivity index (χ3n) is 3.89. The molecule has 0 radical (unpaired) electrons. The zero-order valence-electron chi connectivity index (χ0n) is 12.4. The summed E-state index contributed by atoms with van der Waals surface area (Å²) in [4.78, 5) is -0.594. The van der Waals surface area contributed by atoms with Gasteiger partial charge in [-0.3, -0.25) is 0 Å². The summed E-state index contributed by atoms with van der Waals surface area (Å²) in [7, 11) is -0.967. The molecule has 0 aliphatic heterocycles. The molecule has 7 heteroatoms. The molecule has 1 N–H and O–H groups in total. The topological polar surface area (TPSA) is 49.4 Å². The second-order valence-electron chi connectivity index (χ2n) is 5.68. The van der Waals surface area contributed by atoms with E-state index in [1.165, 1.54) is 13.1 Å². The van der Waals surface area contributed by atoms with Crippen LogP contribution in [-0.2, 0) is 16.6 Å². The summed E-state index contributed by atoms with van der Waals surface area (Å²) in [5, 5.41) is 2.79. The van der Waals surface area contributed by atoms with Gasteiger partial charge < -0.3 is 5.32 Å². The molecule has 1 aliphatic carbocycles. The summed E-state index contributed by atoms with van der Waals surface area (Å²) in [5.74, 6) is -1.67. The Kier molecular flexibility index (Phi) is 4.65. The number of halogens is 2. The van der Waals surface area contributed by atoms with Gasteiger partial charge in [-0.05, 0) is 43.0 Å². The van der Waals surface area contributed by atoms with Gasteiger partial charge >= 0.3 is 0 Å². The SMILES string of the molecule is CNCc1cc(F)c(F)c(S(=O)(=O)N(C)CC2CC2C)c1. The molecular weight excluding hydrogens is 298 g/mol. The number of hydrogen-bond donors (Lipinski definition) is 1. The van der Waals surface area contributed by atoms with Gasteiger partial charge in [0.25, 0.3) is 0 Å². The van der Waals surface area contributed by atoms with Crippen molar-refractivity contribution in [1.82, 2.24) is 9.62 Å². The fourth-order valence-electron chi connectivity index (χ4n) is 2.36. The van der Waals surface area contributed by atoms with Crippen molar-refractivity contribution in [2.45, 2.75) is 24.8 Å². The molecule has 2 atom stereocenters. The van der Waals surface area contributed by atoms with Crippen LogP contribution >= 0.6 is 0 Å². The quantitative estimate of drug-likeness (QED) is 0.872. The van der Waals surface area contributed by atoms with Gasteiger partial charge in [0.15, 0.2) is 11.6 Å². The summed E-state index contributed by atoms with van der Waals surface area (Å²) >= 11 is 0. The van der Waals surface area contributed by atoms with Gasteiger partial charge in [-0.25, -0.2) is 21.5 Å². The second-order valence-corrected chi connectivity index (χ2v) is 7.69. The van der Waals surface area contributed by atoms with Crippen LogP contribution in [0.25, 0.3) is 0 Å². The zero-order valence-corrected chi connectivity index (χ0v) is 13.2. The Morgan fingerprint density at radius 2 is 2.00 bits per heavy atom. The first kappa shape index (κ1) is 16.3. The molecule has 0 aromatic heterocycles. The maximum atomic E-state index is 13.9. The van der Waals surface area contributed by atoms with Crippen LogP contribution in [0, 0.1) is 23.5 Å². The molecule has 1 aromatic rings. The van der Waals surface area contributed by atoms with E-state index >= 15 is 0 Å². The lowest BCUT2D eigenvalue weighted by Gasteiger charge is -2.18. The summed E-state index contributed by atoms with van der Waals surface area (Å²) in [5.41, 5.74) is 0.392. The van der Waals surface area contributed by atoms with Crippen molar-refractivity contribution in [2.24, 2.45) is 11.8 Å². The van der Waals surface area contributed by atoms with Crippen LogP contribution in [0.15, 0.2) is 17.0 Å². The maximum absolute atomic E-state index is 13.9.